The third-order valence-electron chi connectivity index (χ3n) is 4.09. The number of ether oxygens (including phenoxy) is 1. The Morgan fingerprint density at radius 1 is 1.20 bits per heavy atom. The van der Waals surface area contributed by atoms with Gasteiger partial charge in [0.25, 0.3) is 0 Å². The Kier molecular flexibility index (Phi) is 4.51. The number of rotatable bonds is 6. The molecule has 1 unspecified atom stereocenters. The predicted molar refractivity (Wildman–Crippen MR) is 80.8 cm³/mol. The van der Waals surface area contributed by atoms with Crippen molar-refractivity contribution in [2.24, 2.45) is 0 Å². The number of benzene rings is 1. The molecule has 0 aliphatic heterocycles. The first-order valence-corrected chi connectivity index (χ1v) is 7.38. The molecule has 110 valence electrons. The first kappa shape index (κ1) is 15.1. The Morgan fingerprint density at radius 3 is 2.50 bits per heavy atom. The van der Waals surface area contributed by atoms with Crippen LogP contribution in [0.1, 0.15) is 51.0 Å². The fraction of sp³-hybridized carbons (Fsp3) is 0.529. The molecule has 0 spiro atoms. The van der Waals surface area contributed by atoms with E-state index in [2.05, 4.69) is 6.07 Å². The van der Waals surface area contributed by atoms with Crippen LogP contribution in [0.15, 0.2) is 28.7 Å². The van der Waals surface area contributed by atoms with Crippen LogP contribution in [0.2, 0.25) is 0 Å². The van der Waals surface area contributed by atoms with Gasteiger partial charge >= 0.3 is 0 Å². The zero-order valence-electron chi connectivity index (χ0n) is 12.8. The summed E-state index contributed by atoms with van der Waals surface area (Å²) >= 11 is 0. The van der Waals surface area contributed by atoms with Crippen molar-refractivity contribution in [3.8, 4) is 0 Å². The van der Waals surface area contributed by atoms with Gasteiger partial charge in [-0.15, -0.1) is 0 Å². The number of aryl methyl sites for hydroxylation is 1. The highest BCUT2D eigenvalue weighted by molar-refractivity contribution is 5.78. The zero-order chi connectivity index (χ0) is 14.8. The van der Waals surface area contributed by atoms with E-state index in [1.807, 2.05) is 45.9 Å². The van der Waals surface area contributed by atoms with Crippen molar-refractivity contribution in [2.75, 3.05) is 6.61 Å². The highest BCUT2D eigenvalue weighted by Gasteiger charge is 2.38. The summed E-state index contributed by atoms with van der Waals surface area (Å²) in [5, 5.41) is 11.7. The third kappa shape index (κ3) is 2.60. The molecule has 1 N–H and O–H groups in total. The van der Waals surface area contributed by atoms with Gasteiger partial charge < -0.3 is 14.3 Å². The van der Waals surface area contributed by atoms with E-state index < -0.39 is 11.7 Å². The molecule has 0 saturated heterocycles. The van der Waals surface area contributed by atoms with Crippen LogP contribution in [0.5, 0.6) is 0 Å². The topological polar surface area (TPSA) is 42.6 Å². The van der Waals surface area contributed by atoms with Gasteiger partial charge in [-0.2, -0.15) is 0 Å². The summed E-state index contributed by atoms with van der Waals surface area (Å²) in [7, 11) is 0. The van der Waals surface area contributed by atoms with E-state index in [0.29, 0.717) is 12.4 Å². The molecule has 3 heteroatoms. The molecule has 0 radical (unpaired) electrons. The summed E-state index contributed by atoms with van der Waals surface area (Å²) < 4.78 is 11.7. The van der Waals surface area contributed by atoms with Crippen molar-refractivity contribution >= 4 is 11.0 Å². The van der Waals surface area contributed by atoms with Crippen LogP contribution in [0.3, 0.4) is 0 Å². The van der Waals surface area contributed by atoms with Gasteiger partial charge in [-0.3, -0.25) is 0 Å². The van der Waals surface area contributed by atoms with Crippen LogP contribution in [-0.2, 0) is 4.74 Å². The SMILES string of the molecule is CCOC(CC)(CC)C(O)c1cc2cc(C)ccc2o1. The molecule has 1 heterocycles. The van der Waals surface area contributed by atoms with Crippen molar-refractivity contribution in [1.29, 1.82) is 0 Å². The Hall–Kier alpha value is -1.32. The maximum absolute atomic E-state index is 10.7. The van der Waals surface area contributed by atoms with Crippen molar-refractivity contribution in [2.45, 2.75) is 52.2 Å². The van der Waals surface area contributed by atoms with Crippen molar-refractivity contribution < 1.29 is 14.3 Å². The van der Waals surface area contributed by atoms with Gasteiger partial charge in [-0.25, -0.2) is 0 Å². The van der Waals surface area contributed by atoms with Gasteiger partial charge in [0, 0.05) is 12.0 Å². The molecule has 20 heavy (non-hydrogen) atoms. The van der Waals surface area contributed by atoms with E-state index in [1.165, 1.54) is 5.56 Å². The molecule has 0 amide bonds. The molecule has 0 bridgehead atoms. The number of hydrogen-bond acceptors (Lipinski definition) is 3. The number of hydrogen-bond donors (Lipinski definition) is 1. The molecule has 1 aromatic heterocycles. The van der Waals surface area contributed by atoms with E-state index in [0.717, 1.165) is 23.8 Å². The number of furan rings is 1. The molecule has 0 saturated carbocycles. The second kappa shape index (κ2) is 5.98. The Bertz CT molecular complexity index is 567. The van der Waals surface area contributed by atoms with Gasteiger partial charge in [-0.05, 0) is 44.9 Å². The van der Waals surface area contributed by atoms with Crippen LogP contribution in [0.25, 0.3) is 11.0 Å². The first-order chi connectivity index (χ1) is 9.56. The van der Waals surface area contributed by atoms with Crippen LogP contribution in [-0.4, -0.2) is 17.3 Å². The number of aliphatic hydroxyl groups is 1. The van der Waals surface area contributed by atoms with E-state index >= 15 is 0 Å². The lowest BCUT2D eigenvalue weighted by molar-refractivity contribution is -0.133. The summed E-state index contributed by atoms with van der Waals surface area (Å²) in [5.41, 5.74) is 1.42. The molecule has 0 fully saturated rings. The van der Waals surface area contributed by atoms with Crippen LogP contribution in [0.4, 0.5) is 0 Å². The van der Waals surface area contributed by atoms with E-state index in [1.54, 1.807) is 0 Å². The summed E-state index contributed by atoms with van der Waals surface area (Å²) in [5.74, 6) is 0.586. The lowest BCUT2D eigenvalue weighted by Crippen LogP contribution is -2.38. The van der Waals surface area contributed by atoms with Crippen LogP contribution < -0.4 is 0 Å². The maximum Gasteiger partial charge on any atom is 0.140 e. The molecule has 3 nitrogen and oxygen atoms in total. The first-order valence-electron chi connectivity index (χ1n) is 7.38. The number of aliphatic hydroxyl groups excluding tert-OH is 1. The summed E-state index contributed by atoms with van der Waals surface area (Å²) in [6.45, 7) is 8.66. The quantitative estimate of drug-likeness (QED) is 0.852. The van der Waals surface area contributed by atoms with Gasteiger partial charge in [0.1, 0.15) is 23.0 Å². The average Bonchev–Trinajstić information content (AvgIpc) is 2.87. The van der Waals surface area contributed by atoms with E-state index in [4.69, 9.17) is 9.15 Å². The third-order valence-corrected chi connectivity index (χ3v) is 4.09. The standard InChI is InChI=1S/C17H24O3/c1-5-17(6-2,19-7-3)16(18)15-11-13-10-12(4)8-9-14(13)20-15/h8-11,16,18H,5-7H2,1-4H3. The fourth-order valence-electron chi connectivity index (χ4n) is 2.78. The monoisotopic (exact) mass is 276 g/mol. The summed E-state index contributed by atoms with van der Waals surface area (Å²) in [6.07, 6.45) is 0.744. The maximum atomic E-state index is 10.7. The highest BCUT2D eigenvalue weighted by Crippen LogP contribution is 2.37. The molecule has 1 atom stereocenters. The van der Waals surface area contributed by atoms with Crippen LogP contribution in [0, 0.1) is 6.92 Å². The minimum Gasteiger partial charge on any atom is -0.458 e. The largest absolute Gasteiger partial charge is 0.458 e. The second-order valence-corrected chi connectivity index (χ2v) is 5.30. The molecule has 0 aliphatic rings. The Labute approximate surface area is 120 Å². The lowest BCUT2D eigenvalue weighted by atomic mass is 9.88. The van der Waals surface area contributed by atoms with Gasteiger partial charge in [-0.1, -0.05) is 25.5 Å². The molecule has 0 aliphatic carbocycles. The van der Waals surface area contributed by atoms with Gasteiger partial charge in [0.05, 0.1) is 0 Å². The minimum atomic E-state index is -0.745. The number of fused-ring (bicyclic) bond motifs is 1. The van der Waals surface area contributed by atoms with E-state index in [-0.39, 0.29) is 0 Å². The van der Waals surface area contributed by atoms with Crippen molar-refractivity contribution in [1.82, 2.24) is 0 Å². The predicted octanol–water partition coefficient (Wildman–Crippen LogP) is 4.37. The van der Waals surface area contributed by atoms with Crippen LogP contribution >= 0.6 is 0 Å². The van der Waals surface area contributed by atoms with E-state index in [9.17, 15) is 5.11 Å². The molecular weight excluding hydrogens is 252 g/mol. The minimum absolute atomic E-state index is 0.572. The fourth-order valence-corrected chi connectivity index (χ4v) is 2.78. The molecule has 2 aromatic rings. The highest BCUT2D eigenvalue weighted by atomic mass is 16.5. The van der Waals surface area contributed by atoms with Crippen molar-refractivity contribution in [3.05, 3.63) is 35.6 Å². The van der Waals surface area contributed by atoms with Crippen molar-refractivity contribution in [3.63, 3.8) is 0 Å². The second-order valence-electron chi connectivity index (χ2n) is 5.30. The normalized spacial score (nSPS) is 13.8. The Morgan fingerprint density at radius 2 is 1.90 bits per heavy atom. The smallest absolute Gasteiger partial charge is 0.140 e. The molecular formula is C17H24O3. The Balaban J connectivity index is 2.40. The zero-order valence-corrected chi connectivity index (χ0v) is 12.8. The summed E-state index contributed by atoms with van der Waals surface area (Å²) in [6, 6.07) is 7.94. The lowest BCUT2D eigenvalue weighted by Gasteiger charge is -2.35. The van der Waals surface area contributed by atoms with Gasteiger partial charge in [0.2, 0.25) is 0 Å². The average molecular weight is 276 g/mol. The molecule has 2 rings (SSSR count). The summed E-state index contributed by atoms with van der Waals surface area (Å²) in [4.78, 5) is 0. The molecule has 1 aromatic carbocycles. The van der Waals surface area contributed by atoms with Gasteiger partial charge in [0.15, 0.2) is 0 Å².